The van der Waals surface area contributed by atoms with Crippen LogP contribution in [0.2, 0.25) is 0 Å². The molecule has 2 aromatic heterocycles. The molecule has 0 aliphatic rings. The summed E-state index contributed by atoms with van der Waals surface area (Å²) in [4.78, 5) is 7.29. The number of hydrogen-bond donors (Lipinski definition) is 2. The van der Waals surface area contributed by atoms with E-state index in [1.807, 2.05) is 0 Å². The van der Waals surface area contributed by atoms with Gasteiger partial charge in [0, 0.05) is 10.7 Å². The van der Waals surface area contributed by atoms with Crippen LogP contribution in [-0.2, 0) is 6.18 Å². The van der Waals surface area contributed by atoms with Crippen LogP contribution in [0.15, 0.2) is 28.2 Å². The van der Waals surface area contributed by atoms with Crippen LogP contribution in [0.3, 0.4) is 0 Å². The van der Waals surface area contributed by atoms with Gasteiger partial charge < -0.3 is 10.9 Å². The summed E-state index contributed by atoms with van der Waals surface area (Å²) in [5.74, 6) is -1.11. The van der Waals surface area contributed by atoms with Crippen molar-refractivity contribution in [1.82, 2.24) is 19.7 Å². The minimum atomic E-state index is -4.62. The molecule has 0 aliphatic carbocycles. The van der Waals surface area contributed by atoms with E-state index >= 15 is 0 Å². The second-order valence-corrected chi connectivity index (χ2v) is 4.44. The zero-order valence-corrected chi connectivity index (χ0v) is 11.1. The normalized spacial score (nSPS) is 12.7. The third-order valence-electron chi connectivity index (χ3n) is 2.18. The van der Waals surface area contributed by atoms with E-state index in [9.17, 15) is 13.2 Å². The molecule has 7 nitrogen and oxygen atoms in total. The molecule has 0 aliphatic heterocycles. The Morgan fingerprint density at radius 1 is 1.40 bits per heavy atom. The summed E-state index contributed by atoms with van der Waals surface area (Å²) in [6.07, 6.45) is -2.44. The van der Waals surface area contributed by atoms with Crippen molar-refractivity contribution in [1.29, 1.82) is 0 Å². The molecule has 0 amide bonds. The van der Waals surface area contributed by atoms with E-state index < -0.39 is 23.4 Å². The van der Waals surface area contributed by atoms with Crippen molar-refractivity contribution in [3.8, 4) is 5.82 Å². The van der Waals surface area contributed by atoms with Gasteiger partial charge in [-0.3, -0.25) is 0 Å². The van der Waals surface area contributed by atoms with Crippen molar-refractivity contribution in [2.75, 3.05) is 0 Å². The molecule has 0 radical (unpaired) electrons. The third kappa shape index (κ3) is 2.71. The summed E-state index contributed by atoms with van der Waals surface area (Å²) in [7, 11) is 0. The number of amidine groups is 1. The van der Waals surface area contributed by atoms with Gasteiger partial charge in [0.25, 0.3) is 0 Å². The van der Waals surface area contributed by atoms with Crippen LogP contribution in [0.25, 0.3) is 5.82 Å². The van der Waals surface area contributed by atoms with Crippen LogP contribution in [0.4, 0.5) is 13.2 Å². The lowest BCUT2D eigenvalue weighted by molar-refractivity contribution is -0.137. The maximum atomic E-state index is 12.9. The molecule has 0 unspecified atom stereocenters. The van der Waals surface area contributed by atoms with Crippen molar-refractivity contribution in [2.45, 2.75) is 6.18 Å². The number of nitrogens with zero attached hydrogens (tertiary/aromatic N) is 5. The Bertz CT molecular complexity index is 668. The number of rotatable bonds is 2. The van der Waals surface area contributed by atoms with Gasteiger partial charge in [0.15, 0.2) is 5.82 Å². The molecule has 106 valence electrons. The number of alkyl halides is 3. The molecule has 0 fully saturated rings. The summed E-state index contributed by atoms with van der Waals surface area (Å²) in [6.45, 7) is 0. The van der Waals surface area contributed by atoms with Gasteiger partial charge in [0.1, 0.15) is 11.9 Å². The summed E-state index contributed by atoms with van der Waals surface area (Å²) in [6, 6.07) is 0.868. The fraction of sp³-hybridized carbons (Fsp3) is 0.111. The second kappa shape index (κ2) is 5.07. The molecule has 0 aromatic carbocycles. The first-order valence-electron chi connectivity index (χ1n) is 4.95. The van der Waals surface area contributed by atoms with Gasteiger partial charge in [-0.1, -0.05) is 5.16 Å². The molecule has 0 saturated heterocycles. The Morgan fingerprint density at radius 2 is 2.10 bits per heavy atom. The standard InChI is InChI=1S/C9H6BrF3N6O/c10-4-1-5(9(11,12)13)8(15-2-4)19-3-16-7(17-19)6(14)18-20/h1-3,20H,(H2,14,18). The highest BCUT2D eigenvalue weighted by molar-refractivity contribution is 9.10. The minimum Gasteiger partial charge on any atom is -0.409 e. The smallest absolute Gasteiger partial charge is 0.409 e. The van der Waals surface area contributed by atoms with Crippen molar-refractivity contribution in [3.05, 3.63) is 34.5 Å². The van der Waals surface area contributed by atoms with Crippen LogP contribution in [0.5, 0.6) is 0 Å². The number of pyridine rings is 1. The Balaban J connectivity index is 2.56. The largest absolute Gasteiger partial charge is 0.420 e. The highest BCUT2D eigenvalue weighted by Crippen LogP contribution is 2.34. The number of oxime groups is 1. The average molecular weight is 351 g/mol. The highest BCUT2D eigenvalue weighted by atomic mass is 79.9. The zero-order valence-electron chi connectivity index (χ0n) is 9.50. The van der Waals surface area contributed by atoms with Gasteiger partial charge in [-0.2, -0.15) is 13.2 Å². The highest BCUT2D eigenvalue weighted by Gasteiger charge is 2.35. The van der Waals surface area contributed by atoms with Crippen LogP contribution < -0.4 is 5.73 Å². The number of halogens is 4. The molecule has 2 aromatic rings. The molecule has 3 N–H and O–H groups in total. The lowest BCUT2D eigenvalue weighted by Gasteiger charge is -2.11. The van der Waals surface area contributed by atoms with Gasteiger partial charge in [-0.25, -0.2) is 14.6 Å². The van der Waals surface area contributed by atoms with Gasteiger partial charge in [0.2, 0.25) is 11.7 Å². The van der Waals surface area contributed by atoms with Crippen molar-refractivity contribution >= 4 is 21.8 Å². The Kier molecular flexibility index (Phi) is 3.61. The van der Waals surface area contributed by atoms with E-state index in [0.29, 0.717) is 0 Å². The van der Waals surface area contributed by atoms with E-state index in [-0.39, 0.29) is 10.3 Å². The molecule has 0 bridgehead atoms. The van der Waals surface area contributed by atoms with Crippen LogP contribution in [0.1, 0.15) is 11.4 Å². The predicted octanol–water partition coefficient (Wildman–Crippen LogP) is 1.54. The number of hydrogen-bond acceptors (Lipinski definition) is 5. The van der Waals surface area contributed by atoms with Crippen LogP contribution in [0, 0.1) is 0 Å². The summed E-state index contributed by atoms with van der Waals surface area (Å²) in [5, 5.41) is 14.8. The number of nitrogens with two attached hydrogens (primary N) is 1. The summed E-state index contributed by atoms with van der Waals surface area (Å²) < 4.78 is 39.8. The molecule has 0 spiro atoms. The van der Waals surface area contributed by atoms with E-state index in [0.717, 1.165) is 17.1 Å². The second-order valence-electron chi connectivity index (χ2n) is 3.52. The zero-order chi connectivity index (χ0) is 14.9. The first-order valence-corrected chi connectivity index (χ1v) is 5.75. The maximum Gasteiger partial charge on any atom is 0.420 e. The Morgan fingerprint density at radius 3 is 2.70 bits per heavy atom. The lowest BCUT2D eigenvalue weighted by atomic mass is 10.2. The summed E-state index contributed by atoms with van der Waals surface area (Å²) >= 11 is 2.92. The van der Waals surface area contributed by atoms with Gasteiger partial charge >= 0.3 is 6.18 Å². The molecule has 0 saturated carbocycles. The van der Waals surface area contributed by atoms with Crippen molar-refractivity contribution in [3.63, 3.8) is 0 Å². The van der Waals surface area contributed by atoms with E-state index in [1.54, 1.807) is 0 Å². The Labute approximate surface area is 118 Å². The van der Waals surface area contributed by atoms with E-state index in [2.05, 4.69) is 36.2 Å². The molecule has 20 heavy (non-hydrogen) atoms. The maximum absolute atomic E-state index is 12.9. The first kappa shape index (κ1) is 14.2. The van der Waals surface area contributed by atoms with Crippen LogP contribution in [-0.4, -0.2) is 30.8 Å². The fourth-order valence-corrected chi connectivity index (χ4v) is 1.68. The topological polar surface area (TPSA) is 102 Å². The molecular weight excluding hydrogens is 345 g/mol. The quantitative estimate of drug-likeness (QED) is 0.370. The van der Waals surface area contributed by atoms with Gasteiger partial charge in [0.05, 0.1) is 0 Å². The lowest BCUT2D eigenvalue weighted by Crippen LogP contribution is -2.17. The minimum absolute atomic E-state index is 0.172. The first-order chi connectivity index (χ1) is 9.32. The predicted molar refractivity (Wildman–Crippen MR) is 64.4 cm³/mol. The van der Waals surface area contributed by atoms with Crippen molar-refractivity contribution in [2.24, 2.45) is 10.9 Å². The fourth-order valence-electron chi connectivity index (χ4n) is 1.35. The summed E-state index contributed by atoms with van der Waals surface area (Å²) in [5.41, 5.74) is 4.25. The molecule has 0 atom stereocenters. The van der Waals surface area contributed by atoms with Gasteiger partial charge in [-0.15, -0.1) is 5.10 Å². The monoisotopic (exact) mass is 350 g/mol. The molecule has 2 rings (SSSR count). The average Bonchev–Trinajstić information content (AvgIpc) is 2.86. The molecule has 2 heterocycles. The van der Waals surface area contributed by atoms with Crippen molar-refractivity contribution < 1.29 is 18.4 Å². The third-order valence-corrected chi connectivity index (χ3v) is 2.62. The van der Waals surface area contributed by atoms with E-state index in [1.165, 1.54) is 6.20 Å². The molecular formula is C9H6BrF3N6O. The SMILES string of the molecule is NC(=NO)c1ncn(-c2ncc(Br)cc2C(F)(F)F)n1. The van der Waals surface area contributed by atoms with Crippen LogP contribution >= 0.6 is 15.9 Å². The van der Waals surface area contributed by atoms with Gasteiger partial charge in [-0.05, 0) is 22.0 Å². The number of aromatic nitrogens is 4. The Hall–Kier alpha value is -2.17. The molecule has 11 heteroatoms. The van der Waals surface area contributed by atoms with E-state index in [4.69, 9.17) is 10.9 Å².